The van der Waals surface area contributed by atoms with E-state index in [1.54, 1.807) is 6.92 Å². The van der Waals surface area contributed by atoms with Crippen molar-refractivity contribution in [3.63, 3.8) is 0 Å². The van der Waals surface area contributed by atoms with Crippen LogP contribution >= 0.6 is 0 Å². The van der Waals surface area contributed by atoms with Crippen molar-refractivity contribution in [3.05, 3.63) is 0 Å². The zero-order valence-corrected chi connectivity index (χ0v) is 17.4. The van der Waals surface area contributed by atoms with E-state index in [0.717, 1.165) is 24.7 Å². The van der Waals surface area contributed by atoms with Crippen molar-refractivity contribution in [3.8, 4) is 0 Å². The zero-order chi connectivity index (χ0) is 18.9. The summed E-state index contributed by atoms with van der Waals surface area (Å²) in [6.45, 7) is 11.1. The van der Waals surface area contributed by atoms with Crippen LogP contribution in [0.5, 0.6) is 0 Å². The summed E-state index contributed by atoms with van der Waals surface area (Å²) in [6, 6.07) is 0. The monoisotopic (exact) mass is 362 g/mol. The van der Waals surface area contributed by atoms with E-state index in [0.29, 0.717) is 17.3 Å². The molecule has 3 heteroatoms. The van der Waals surface area contributed by atoms with Crippen LogP contribution in [0.3, 0.4) is 0 Å². The lowest BCUT2D eigenvalue weighted by atomic mass is 9.41. The van der Waals surface area contributed by atoms with Gasteiger partial charge in [-0.15, -0.1) is 0 Å². The van der Waals surface area contributed by atoms with Gasteiger partial charge in [0, 0.05) is 12.3 Å². The second kappa shape index (κ2) is 5.96. The highest BCUT2D eigenvalue weighted by atomic mass is 16.5. The standard InChI is InChI=1S/C23H38O3/c1-14(24)26-20-9-7-16-15-6-8-18-21(2,3)19(25)11-13-22(18,4)17(15)10-12-23(16,20)5/h15-20,25H,6-13H2,1-5H3/t15-,16-,17-,18-,19-,20-,22+,23-/m0/s1. The number of esters is 1. The van der Waals surface area contributed by atoms with Crippen LogP contribution in [0.15, 0.2) is 0 Å². The summed E-state index contributed by atoms with van der Waals surface area (Å²) in [5.41, 5.74) is 0.584. The molecule has 4 aliphatic carbocycles. The van der Waals surface area contributed by atoms with Crippen molar-refractivity contribution >= 4 is 5.97 Å². The summed E-state index contributed by atoms with van der Waals surface area (Å²) >= 11 is 0. The molecule has 0 saturated heterocycles. The molecule has 0 amide bonds. The van der Waals surface area contributed by atoms with Crippen molar-refractivity contribution in [2.75, 3.05) is 0 Å². The number of hydrogen-bond donors (Lipinski definition) is 1. The summed E-state index contributed by atoms with van der Waals surface area (Å²) < 4.78 is 5.77. The van der Waals surface area contributed by atoms with E-state index < -0.39 is 0 Å². The number of ether oxygens (including phenoxy) is 1. The average molecular weight is 363 g/mol. The normalized spacial score (nSPS) is 52.5. The molecule has 0 heterocycles. The summed E-state index contributed by atoms with van der Waals surface area (Å²) in [5, 5.41) is 10.6. The maximum Gasteiger partial charge on any atom is 0.302 e. The first-order valence-corrected chi connectivity index (χ1v) is 11.0. The summed E-state index contributed by atoms with van der Waals surface area (Å²) in [4.78, 5) is 11.6. The van der Waals surface area contributed by atoms with Gasteiger partial charge < -0.3 is 9.84 Å². The molecule has 8 atom stereocenters. The fourth-order valence-corrected chi connectivity index (χ4v) is 8.44. The lowest BCUT2D eigenvalue weighted by Gasteiger charge is -2.64. The third-order valence-corrected chi connectivity index (χ3v) is 9.80. The maximum atomic E-state index is 11.6. The van der Waals surface area contributed by atoms with E-state index in [2.05, 4.69) is 27.7 Å². The molecule has 0 aliphatic heterocycles. The molecule has 0 aromatic heterocycles. The Bertz CT molecular complexity index is 584. The van der Waals surface area contributed by atoms with E-state index in [-0.39, 0.29) is 29.0 Å². The van der Waals surface area contributed by atoms with E-state index >= 15 is 0 Å². The Hall–Kier alpha value is -0.570. The van der Waals surface area contributed by atoms with Gasteiger partial charge in [0.05, 0.1) is 6.10 Å². The summed E-state index contributed by atoms with van der Waals surface area (Å²) in [6.07, 6.45) is 9.42. The van der Waals surface area contributed by atoms with Crippen LogP contribution in [-0.4, -0.2) is 23.3 Å². The quantitative estimate of drug-likeness (QED) is 0.671. The molecule has 0 spiro atoms. The largest absolute Gasteiger partial charge is 0.462 e. The average Bonchev–Trinajstić information content (AvgIpc) is 2.88. The highest BCUT2D eigenvalue weighted by Crippen LogP contribution is 2.68. The van der Waals surface area contributed by atoms with Crippen LogP contribution in [0.2, 0.25) is 0 Å². The molecule has 1 N–H and O–H groups in total. The second-order valence-electron chi connectivity index (χ2n) is 11.1. The van der Waals surface area contributed by atoms with Crippen LogP contribution < -0.4 is 0 Å². The van der Waals surface area contributed by atoms with Crippen LogP contribution in [0, 0.1) is 39.9 Å². The number of hydrogen-bond acceptors (Lipinski definition) is 3. The van der Waals surface area contributed by atoms with Gasteiger partial charge in [0.1, 0.15) is 6.10 Å². The van der Waals surface area contributed by atoms with Crippen LogP contribution in [-0.2, 0) is 9.53 Å². The number of fused-ring (bicyclic) bond motifs is 5. The minimum absolute atomic E-state index is 0.0364. The first-order valence-electron chi connectivity index (χ1n) is 11.0. The molecule has 0 aromatic carbocycles. The van der Waals surface area contributed by atoms with Crippen molar-refractivity contribution < 1.29 is 14.6 Å². The number of aliphatic hydroxyl groups excluding tert-OH is 1. The predicted molar refractivity (Wildman–Crippen MR) is 102 cm³/mol. The first kappa shape index (κ1) is 18.8. The Balaban J connectivity index is 1.61. The minimum atomic E-state index is -0.147. The van der Waals surface area contributed by atoms with Gasteiger partial charge in [-0.2, -0.15) is 0 Å². The van der Waals surface area contributed by atoms with Gasteiger partial charge in [-0.05, 0) is 85.9 Å². The predicted octanol–water partition coefficient (Wildman–Crippen LogP) is 4.96. The molecule has 4 aliphatic rings. The highest BCUT2D eigenvalue weighted by Gasteiger charge is 2.63. The maximum absolute atomic E-state index is 11.6. The van der Waals surface area contributed by atoms with E-state index in [1.165, 1.54) is 38.5 Å². The Morgan fingerprint density at radius 2 is 1.54 bits per heavy atom. The van der Waals surface area contributed by atoms with Gasteiger partial charge >= 0.3 is 5.97 Å². The van der Waals surface area contributed by atoms with Crippen molar-refractivity contribution in [1.29, 1.82) is 0 Å². The van der Waals surface area contributed by atoms with Gasteiger partial charge in [0.2, 0.25) is 0 Å². The number of aliphatic hydroxyl groups is 1. The molecule has 0 aromatic rings. The molecule has 0 bridgehead atoms. The molecule has 4 fully saturated rings. The van der Waals surface area contributed by atoms with Gasteiger partial charge in [0.15, 0.2) is 0 Å². The van der Waals surface area contributed by atoms with Crippen LogP contribution in [0.1, 0.15) is 86.0 Å². The second-order valence-corrected chi connectivity index (χ2v) is 11.1. The van der Waals surface area contributed by atoms with E-state index in [4.69, 9.17) is 4.74 Å². The Morgan fingerprint density at radius 1 is 0.885 bits per heavy atom. The van der Waals surface area contributed by atoms with E-state index in [9.17, 15) is 9.90 Å². The Morgan fingerprint density at radius 3 is 2.23 bits per heavy atom. The molecular weight excluding hydrogens is 324 g/mol. The Labute approximate surface area is 159 Å². The molecule has 148 valence electrons. The van der Waals surface area contributed by atoms with Gasteiger partial charge in [-0.25, -0.2) is 0 Å². The van der Waals surface area contributed by atoms with Gasteiger partial charge in [0.25, 0.3) is 0 Å². The van der Waals surface area contributed by atoms with E-state index in [1.807, 2.05) is 0 Å². The highest BCUT2D eigenvalue weighted by molar-refractivity contribution is 5.66. The number of rotatable bonds is 1. The van der Waals surface area contributed by atoms with Crippen molar-refractivity contribution in [1.82, 2.24) is 0 Å². The lowest BCUT2D eigenvalue weighted by Crippen LogP contribution is -2.59. The fourth-order valence-electron chi connectivity index (χ4n) is 8.44. The number of carbonyl (C=O) groups is 1. The zero-order valence-electron chi connectivity index (χ0n) is 17.4. The SMILES string of the molecule is CC(=O)O[C@H]1CC[C@H]2[C@@H]3CC[C@H]4C(C)(C)[C@@H](O)CC[C@]4(C)[C@H]3CC[C@]12C. The van der Waals surface area contributed by atoms with Crippen LogP contribution in [0.25, 0.3) is 0 Å². The molecular formula is C23H38O3. The van der Waals surface area contributed by atoms with Crippen LogP contribution in [0.4, 0.5) is 0 Å². The lowest BCUT2D eigenvalue weighted by molar-refractivity contribution is -0.185. The Kier molecular flexibility index (Phi) is 4.31. The first-order chi connectivity index (χ1) is 12.1. The molecule has 3 nitrogen and oxygen atoms in total. The van der Waals surface area contributed by atoms with Crippen molar-refractivity contribution in [2.45, 2.75) is 98.2 Å². The summed E-state index contributed by atoms with van der Waals surface area (Å²) in [7, 11) is 0. The molecule has 0 radical (unpaired) electrons. The molecule has 26 heavy (non-hydrogen) atoms. The molecule has 4 rings (SSSR count). The fraction of sp³-hybridized carbons (Fsp3) is 0.957. The third-order valence-electron chi connectivity index (χ3n) is 9.80. The minimum Gasteiger partial charge on any atom is -0.462 e. The smallest absolute Gasteiger partial charge is 0.302 e. The number of carbonyl (C=O) groups excluding carboxylic acids is 1. The molecule has 0 unspecified atom stereocenters. The van der Waals surface area contributed by atoms with Crippen molar-refractivity contribution in [2.24, 2.45) is 39.9 Å². The molecule has 4 saturated carbocycles. The van der Waals surface area contributed by atoms with Gasteiger partial charge in [-0.3, -0.25) is 4.79 Å². The third kappa shape index (κ3) is 2.45. The van der Waals surface area contributed by atoms with Gasteiger partial charge in [-0.1, -0.05) is 27.7 Å². The summed E-state index contributed by atoms with van der Waals surface area (Å²) in [5.74, 6) is 2.79. The topological polar surface area (TPSA) is 46.5 Å².